The van der Waals surface area contributed by atoms with Crippen LogP contribution in [0.25, 0.3) is 11.1 Å². The van der Waals surface area contributed by atoms with Crippen LogP contribution in [0.2, 0.25) is 0 Å². The third kappa shape index (κ3) is 5.89. The maximum atomic E-state index is 13.1. The van der Waals surface area contributed by atoms with Crippen LogP contribution in [0, 0.1) is 0 Å². The molecule has 32 heavy (non-hydrogen) atoms. The number of carboxylic acids is 1. The molecule has 1 N–H and O–H groups in total. The largest absolute Gasteiger partial charge is 0.481 e. The zero-order valence-electron chi connectivity index (χ0n) is 19.2. The molecule has 6 heteroatoms. The second kappa shape index (κ2) is 11.8. The average Bonchev–Trinajstić information content (AvgIpc) is 3.13. The van der Waals surface area contributed by atoms with Gasteiger partial charge in [-0.25, -0.2) is 0 Å². The molecule has 1 aliphatic rings. The molecule has 0 heterocycles. The Morgan fingerprint density at radius 1 is 0.906 bits per heavy atom. The number of benzene rings is 2. The molecule has 0 bridgehead atoms. The van der Waals surface area contributed by atoms with Crippen LogP contribution in [0.15, 0.2) is 42.5 Å². The Hall–Kier alpha value is -1.94. The summed E-state index contributed by atoms with van der Waals surface area (Å²) in [5, 5.41) is 9.95. The monoisotopic (exact) mass is 458 g/mol. The summed E-state index contributed by atoms with van der Waals surface area (Å²) in [4.78, 5) is 12.1. The third-order valence-corrected chi connectivity index (χ3v) is 8.01. The highest BCUT2D eigenvalue weighted by Gasteiger charge is 2.35. The van der Waals surface area contributed by atoms with Gasteiger partial charge in [0.15, 0.2) is 0 Å². The topological polar surface area (TPSA) is 72.8 Å². The molecular formula is C26H35O5P. The van der Waals surface area contributed by atoms with Gasteiger partial charge in [-0.15, -0.1) is 0 Å². The highest BCUT2D eigenvalue weighted by Crippen LogP contribution is 2.50. The number of hydrogen-bond donors (Lipinski definition) is 1. The molecule has 0 amide bonds. The SMILES string of the molecule is CCCCOP(=O)(CCCCc1cccc2c1C(C(=O)O)c1ccccc1-2)OCCCC. The van der Waals surface area contributed by atoms with Gasteiger partial charge in [-0.05, 0) is 59.9 Å². The Labute approximate surface area is 191 Å². The van der Waals surface area contributed by atoms with Gasteiger partial charge >= 0.3 is 13.6 Å². The van der Waals surface area contributed by atoms with Gasteiger partial charge in [-0.3, -0.25) is 9.36 Å². The maximum absolute atomic E-state index is 13.1. The van der Waals surface area contributed by atoms with Crippen molar-refractivity contribution in [3.8, 4) is 11.1 Å². The molecular weight excluding hydrogens is 423 g/mol. The van der Waals surface area contributed by atoms with Gasteiger partial charge in [0.25, 0.3) is 0 Å². The lowest BCUT2D eigenvalue weighted by molar-refractivity contribution is -0.137. The fraction of sp³-hybridized carbons (Fsp3) is 0.500. The van der Waals surface area contributed by atoms with Gasteiger partial charge in [0, 0.05) is 0 Å². The molecule has 0 aromatic heterocycles. The number of rotatable bonds is 14. The van der Waals surface area contributed by atoms with Crippen LogP contribution >= 0.6 is 7.60 Å². The lowest BCUT2D eigenvalue weighted by Crippen LogP contribution is -2.12. The van der Waals surface area contributed by atoms with E-state index < -0.39 is 19.5 Å². The number of fused-ring (bicyclic) bond motifs is 3. The number of carboxylic acid groups (broad SMARTS) is 1. The van der Waals surface area contributed by atoms with Crippen molar-refractivity contribution in [1.29, 1.82) is 0 Å². The summed E-state index contributed by atoms with van der Waals surface area (Å²) in [6.07, 6.45) is 6.37. The van der Waals surface area contributed by atoms with Crippen molar-refractivity contribution in [1.82, 2.24) is 0 Å². The molecule has 2 aromatic carbocycles. The molecule has 0 radical (unpaired) electrons. The summed E-state index contributed by atoms with van der Waals surface area (Å²) in [5.41, 5.74) is 4.85. The number of carbonyl (C=O) groups is 1. The fourth-order valence-electron chi connectivity index (χ4n) is 4.30. The second-order valence-electron chi connectivity index (χ2n) is 8.40. The van der Waals surface area contributed by atoms with Gasteiger partial charge in [0.05, 0.1) is 19.4 Å². The van der Waals surface area contributed by atoms with Gasteiger partial charge in [0.1, 0.15) is 5.92 Å². The molecule has 0 saturated carbocycles. The first-order valence-electron chi connectivity index (χ1n) is 11.8. The Morgan fingerprint density at radius 2 is 1.56 bits per heavy atom. The highest BCUT2D eigenvalue weighted by atomic mass is 31.2. The maximum Gasteiger partial charge on any atom is 0.330 e. The summed E-state index contributed by atoms with van der Waals surface area (Å²) in [6.45, 7) is 5.08. The Bertz CT molecular complexity index is 941. The summed E-state index contributed by atoms with van der Waals surface area (Å²) in [7, 11) is -3.09. The molecule has 174 valence electrons. The zero-order valence-corrected chi connectivity index (χ0v) is 20.1. The second-order valence-corrected chi connectivity index (χ2v) is 10.6. The Morgan fingerprint density at radius 3 is 2.22 bits per heavy atom. The van der Waals surface area contributed by atoms with Crippen LogP contribution in [-0.4, -0.2) is 30.5 Å². The normalized spacial score (nSPS) is 14.9. The lowest BCUT2D eigenvalue weighted by Gasteiger charge is -2.19. The van der Waals surface area contributed by atoms with E-state index in [4.69, 9.17) is 9.05 Å². The quantitative estimate of drug-likeness (QED) is 0.243. The average molecular weight is 459 g/mol. The molecule has 1 atom stereocenters. The van der Waals surface area contributed by atoms with E-state index in [1.807, 2.05) is 42.5 Å². The van der Waals surface area contributed by atoms with E-state index in [1.165, 1.54) is 0 Å². The number of aliphatic carboxylic acids is 1. The predicted octanol–water partition coefficient (Wildman–Crippen LogP) is 7.03. The minimum absolute atomic E-state index is 0.401. The minimum atomic E-state index is -3.09. The van der Waals surface area contributed by atoms with E-state index in [2.05, 4.69) is 13.8 Å². The van der Waals surface area contributed by atoms with Gasteiger partial charge in [0.2, 0.25) is 0 Å². The van der Waals surface area contributed by atoms with Gasteiger partial charge in [-0.2, -0.15) is 0 Å². The summed E-state index contributed by atoms with van der Waals surface area (Å²) in [6, 6.07) is 13.8. The molecule has 0 aliphatic heterocycles. The molecule has 2 aromatic rings. The van der Waals surface area contributed by atoms with Crippen molar-refractivity contribution in [2.24, 2.45) is 0 Å². The number of unbranched alkanes of at least 4 members (excludes halogenated alkanes) is 3. The van der Waals surface area contributed by atoms with Crippen LogP contribution in [-0.2, 0) is 24.8 Å². The van der Waals surface area contributed by atoms with Crippen molar-refractivity contribution in [3.63, 3.8) is 0 Å². The van der Waals surface area contributed by atoms with E-state index >= 15 is 0 Å². The van der Waals surface area contributed by atoms with Crippen molar-refractivity contribution in [3.05, 3.63) is 59.2 Å². The van der Waals surface area contributed by atoms with E-state index in [1.54, 1.807) is 0 Å². The number of hydrogen-bond acceptors (Lipinski definition) is 4. The van der Waals surface area contributed by atoms with Crippen molar-refractivity contribution < 1.29 is 23.5 Å². The first-order chi connectivity index (χ1) is 15.5. The summed E-state index contributed by atoms with van der Waals surface area (Å²) < 4.78 is 24.5. The van der Waals surface area contributed by atoms with Gasteiger partial charge < -0.3 is 14.2 Å². The van der Waals surface area contributed by atoms with E-state index in [-0.39, 0.29) is 0 Å². The minimum Gasteiger partial charge on any atom is -0.481 e. The molecule has 0 spiro atoms. The molecule has 1 aliphatic carbocycles. The lowest BCUT2D eigenvalue weighted by atomic mass is 9.91. The van der Waals surface area contributed by atoms with E-state index in [9.17, 15) is 14.5 Å². The first-order valence-corrected chi connectivity index (χ1v) is 13.6. The summed E-state index contributed by atoms with van der Waals surface area (Å²) in [5.74, 6) is -1.44. The van der Waals surface area contributed by atoms with E-state index in [0.717, 1.165) is 66.3 Å². The number of aryl methyl sites for hydroxylation is 1. The fourth-order valence-corrected chi connectivity index (χ4v) is 6.05. The van der Waals surface area contributed by atoms with E-state index in [0.29, 0.717) is 25.8 Å². The molecule has 0 fully saturated rings. The highest BCUT2D eigenvalue weighted by molar-refractivity contribution is 7.53. The van der Waals surface area contributed by atoms with Crippen LogP contribution in [0.1, 0.15) is 75.0 Å². The smallest absolute Gasteiger partial charge is 0.330 e. The standard InChI is InChI=1S/C26H35O5P/c1-3-5-17-30-32(29,31-18-6-4-2)19-10-9-12-20-13-11-16-22-21-14-7-8-15-23(21)25(24(20)22)26(27)28/h7-8,11,13-16,25H,3-6,9-10,12,17-19H2,1-2H3,(H,27,28). The van der Waals surface area contributed by atoms with Crippen molar-refractivity contribution in [2.45, 2.75) is 64.7 Å². The third-order valence-electron chi connectivity index (χ3n) is 5.99. The van der Waals surface area contributed by atoms with Crippen molar-refractivity contribution in [2.75, 3.05) is 19.4 Å². The molecule has 1 unspecified atom stereocenters. The zero-order chi connectivity index (χ0) is 23.0. The van der Waals surface area contributed by atoms with Crippen LogP contribution in [0.5, 0.6) is 0 Å². The van der Waals surface area contributed by atoms with Gasteiger partial charge in [-0.1, -0.05) is 69.2 Å². The van der Waals surface area contributed by atoms with Crippen LogP contribution < -0.4 is 0 Å². The molecule has 0 saturated heterocycles. The molecule has 5 nitrogen and oxygen atoms in total. The first kappa shape index (κ1) is 24.7. The van der Waals surface area contributed by atoms with Crippen LogP contribution in [0.3, 0.4) is 0 Å². The Kier molecular flexibility index (Phi) is 9.10. The summed E-state index contributed by atoms with van der Waals surface area (Å²) >= 11 is 0. The molecule has 3 rings (SSSR count). The van der Waals surface area contributed by atoms with Crippen molar-refractivity contribution >= 4 is 13.6 Å². The van der Waals surface area contributed by atoms with Crippen LogP contribution in [0.4, 0.5) is 0 Å². The Balaban J connectivity index is 1.66. The predicted molar refractivity (Wildman–Crippen MR) is 128 cm³/mol.